The van der Waals surface area contributed by atoms with Crippen molar-refractivity contribution in [3.05, 3.63) is 21.3 Å². The number of rotatable bonds is 3. The average Bonchev–Trinajstić information content (AvgIpc) is 2.47. The van der Waals surface area contributed by atoms with Crippen molar-refractivity contribution in [1.29, 1.82) is 0 Å². The van der Waals surface area contributed by atoms with Crippen LogP contribution in [0.4, 0.5) is 0 Å². The highest BCUT2D eigenvalue weighted by Gasteiger charge is 2.09. The van der Waals surface area contributed by atoms with E-state index in [0.29, 0.717) is 6.42 Å². The maximum atomic E-state index is 5.80. The third-order valence-electron chi connectivity index (χ3n) is 1.61. The van der Waals surface area contributed by atoms with E-state index in [1.807, 2.05) is 19.2 Å². The Kier molecular flexibility index (Phi) is 3.61. The molecule has 1 aromatic rings. The Hall–Kier alpha value is -0.490. The van der Waals surface area contributed by atoms with Crippen LogP contribution in [0.25, 0.3) is 0 Å². The molecule has 1 heterocycles. The standard InChI is InChI=1S/C9H10ClNS/c1-3-4-7(11-2)8-5-6-9(10)12-8/h1,5-7,11H,4H2,2H3. The van der Waals surface area contributed by atoms with Crippen LogP contribution in [-0.2, 0) is 0 Å². The first kappa shape index (κ1) is 9.60. The lowest BCUT2D eigenvalue weighted by atomic mass is 10.2. The molecule has 0 radical (unpaired) electrons. The van der Waals surface area contributed by atoms with Gasteiger partial charge >= 0.3 is 0 Å². The van der Waals surface area contributed by atoms with Gasteiger partial charge in [-0.1, -0.05) is 11.6 Å². The molecule has 0 spiro atoms. The zero-order chi connectivity index (χ0) is 8.97. The fourth-order valence-electron chi connectivity index (χ4n) is 0.978. The van der Waals surface area contributed by atoms with Gasteiger partial charge < -0.3 is 5.32 Å². The molecule has 0 aromatic carbocycles. The van der Waals surface area contributed by atoms with Gasteiger partial charge in [0.25, 0.3) is 0 Å². The Labute approximate surface area is 81.7 Å². The van der Waals surface area contributed by atoms with Gasteiger partial charge in [0, 0.05) is 11.3 Å². The van der Waals surface area contributed by atoms with E-state index in [2.05, 4.69) is 11.2 Å². The summed E-state index contributed by atoms with van der Waals surface area (Å²) in [5, 5.41) is 3.14. The van der Waals surface area contributed by atoms with Gasteiger partial charge in [0.1, 0.15) is 0 Å². The van der Waals surface area contributed by atoms with Crippen molar-refractivity contribution in [2.75, 3.05) is 7.05 Å². The van der Waals surface area contributed by atoms with E-state index in [1.54, 1.807) is 11.3 Å². The van der Waals surface area contributed by atoms with E-state index in [0.717, 1.165) is 4.34 Å². The molecule has 12 heavy (non-hydrogen) atoms. The molecule has 1 nitrogen and oxygen atoms in total. The van der Waals surface area contributed by atoms with Gasteiger partial charge in [-0.2, -0.15) is 0 Å². The zero-order valence-corrected chi connectivity index (χ0v) is 8.38. The predicted octanol–water partition coefficient (Wildman–Crippen LogP) is 2.69. The Morgan fingerprint density at radius 3 is 2.92 bits per heavy atom. The van der Waals surface area contributed by atoms with Crippen LogP contribution in [0.15, 0.2) is 12.1 Å². The van der Waals surface area contributed by atoms with Gasteiger partial charge in [0.05, 0.1) is 10.4 Å². The number of halogens is 1. The maximum Gasteiger partial charge on any atom is 0.0931 e. The lowest BCUT2D eigenvalue weighted by molar-refractivity contribution is 0.622. The second kappa shape index (κ2) is 4.51. The molecule has 0 aliphatic carbocycles. The van der Waals surface area contributed by atoms with Crippen LogP contribution in [0.3, 0.4) is 0 Å². The van der Waals surface area contributed by atoms with E-state index < -0.39 is 0 Å². The summed E-state index contributed by atoms with van der Waals surface area (Å²) < 4.78 is 0.808. The normalized spacial score (nSPS) is 12.4. The van der Waals surface area contributed by atoms with Crippen molar-refractivity contribution >= 4 is 22.9 Å². The average molecular weight is 200 g/mol. The van der Waals surface area contributed by atoms with Crippen molar-refractivity contribution in [2.24, 2.45) is 0 Å². The zero-order valence-electron chi connectivity index (χ0n) is 6.80. The van der Waals surface area contributed by atoms with Gasteiger partial charge in [0.15, 0.2) is 0 Å². The third kappa shape index (κ3) is 2.25. The van der Waals surface area contributed by atoms with Crippen LogP contribution in [0.1, 0.15) is 17.3 Å². The molecule has 1 unspecified atom stereocenters. The van der Waals surface area contributed by atoms with Crippen LogP contribution in [0, 0.1) is 12.3 Å². The molecule has 0 saturated carbocycles. The molecule has 1 N–H and O–H groups in total. The molecule has 0 saturated heterocycles. The highest BCUT2D eigenvalue weighted by atomic mass is 35.5. The first-order valence-electron chi connectivity index (χ1n) is 3.64. The number of thiophene rings is 1. The fourth-order valence-corrected chi connectivity index (χ4v) is 2.15. The number of hydrogen-bond acceptors (Lipinski definition) is 2. The maximum absolute atomic E-state index is 5.80. The van der Waals surface area contributed by atoms with E-state index in [1.165, 1.54) is 4.88 Å². The molecule has 0 amide bonds. The third-order valence-corrected chi connectivity index (χ3v) is 2.95. The summed E-state index contributed by atoms with van der Waals surface area (Å²) in [7, 11) is 1.90. The molecule has 1 aromatic heterocycles. The number of nitrogens with one attached hydrogen (secondary N) is 1. The van der Waals surface area contributed by atoms with E-state index in [9.17, 15) is 0 Å². The van der Waals surface area contributed by atoms with Crippen molar-refractivity contribution in [2.45, 2.75) is 12.5 Å². The summed E-state index contributed by atoms with van der Waals surface area (Å²) >= 11 is 7.37. The fraction of sp³-hybridized carbons (Fsp3) is 0.333. The van der Waals surface area contributed by atoms with Gasteiger partial charge in [-0.3, -0.25) is 0 Å². The van der Waals surface area contributed by atoms with Crippen LogP contribution < -0.4 is 5.32 Å². The first-order chi connectivity index (χ1) is 5.77. The molecule has 64 valence electrons. The monoisotopic (exact) mass is 199 g/mol. The van der Waals surface area contributed by atoms with Gasteiger partial charge in [-0.25, -0.2) is 0 Å². The van der Waals surface area contributed by atoms with Gasteiger partial charge in [-0.05, 0) is 19.2 Å². The van der Waals surface area contributed by atoms with Crippen molar-refractivity contribution in [3.63, 3.8) is 0 Å². The van der Waals surface area contributed by atoms with Crippen molar-refractivity contribution in [3.8, 4) is 12.3 Å². The minimum absolute atomic E-state index is 0.243. The van der Waals surface area contributed by atoms with Crippen LogP contribution >= 0.6 is 22.9 Å². The molecule has 0 aliphatic rings. The summed E-state index contributed by atoms with van der Waals surface area (Å²) in [6.45, 7) is 0. The van der Waals surface area contributed by atoms with Crippen molar-refractivity contribution < 1.29 is 0 Å². The molecule has 3 heteroatoms. The minimum Gasteiger partial charge on any atom is -0.312 e. The molecule has 1 atom stereocenters. The lowest BCUT2D eigenvalue weighted by Crippen LogP contribution is -2.14. The lowest BCUT2D eigenvalue weighted by Gasteiger charge is -2.09. The summed E-state index contributed by atoms with van der Waals surface area (Å²) in [5.41, 5.74) is 0. The minimum atomic E-state index is 0.243. The smallest absolute Gasteiger partial charge is 0.0931 e. The summed E-state index contributed by atoms with van der Waals surface area (Å²) in [6, 6.07) is 4.14. The summed E-state index contributed by atoms with van der Waals surface area (Å²) in [4.78, 5) is 1.19. The first-order valence-corrected chi connectivity index (χ1v) is 4.83. The second-order valence-corrected chi connectivity index (χ2v) is 4.14. The second-order valence-electron chi connectivity index (χ2n) is 2.39. The molecule has 0 aliphatic heterocycles. The quantitative estimate of drug-likeness (QED) is 0.739. The largest absolute Gasteiger partial charge is 0.312 e. The Morgan fingerprint density at radius 1 is 1.75 bits per heavy atom. The molecular formula is C9H10ClNS. The molecule has 0 bridgehead atoms. The van der Waals surface area contributed by atoms with Crippen LogP contribution in [0.5, 0.6) is 0 Å². The van der Waals surface area contributed by atoms with Crippen LogP contribution in [0.2, 0.25) is 4.34 Å². The summed E-state index contributed by atoms with van der Waals surface area (Å²) in [6.07, 6.45) is 5.93. The van der Waals surface area contributed by atoms with E-state index >= 15 is 0 Å². The number of terminal acetylenes is 1. The Balaban J connectivity index is 2.74. The van der Waals surface area contributed by atoms with Gasteiger partial charge in [-0.15, -0.1) is 23.7 Å². The topological polar surface area (TPSA) is 12.0 Å². The SMILES string of the molecule is C#CCC(NC)c1ccc(Cl)s1. The summed E-state index contributed by atoms with van der Waals surface area (Å²) in [5.74, 6) is 2.63. The van der Waals surface area contributed by atoms with E-state index in [-0.39, 0.29) is 6.04 Å². The van der Waals surface area contributed by atoms with Crippen molar-refractivity contribution in [1.82, 2.24) is 5.32 Å². The highest BCUT2D eigenvalue weighted by molar-refractivity contribution is 7.16. The Bertz CT molecular complexity index is 287. The molecule has 1 rings (SSSR count). The van der Waals surface area contributed by atoms with Crippen LogP contribution in [-0.4, -0.2) is 7.05 Å². The number of hydrogen-bond donors (Lipinski definition) is 1. The molecule has 0 fully saturated rings. The Morgan fingerprint density at radius 2 is 2.50 bits per heavy atom. The van der Waals surface area contributed by atoms with Gasteiger partial charge in [0.2, 0.25) is 0 Å². The highest BCUT2D eigenvalue weighted by Crippen LogP contribution is 2.27. The van der Waals surface area contributed by atoms with E-state index in [4.69, 9.17) is 18.0 Å². The molecular weight excluding hydrogens is 190 g/mol. The predicted molar refractivity (Wildman–Crippen MR) is 54.6 cm³/mol.